The maximum absolute atomic E-state index is 14.4. The Bertz CT molecular complexity index is 832. The Labute approximate surface area is 144 Å². The van der Waals surface area contributed by atoms with Crippen LogP contribution in [0.15, 0.2) is 6.33 Å². The van der Waals surface area contributed by atoms with Crippen LogP contribution in [0.2, 0.25) is 5.28 Å². The maximum Gasteiger partial charge on any atom is 0.469 e. The molecule has 0 radical (unpaired) electrons. The number of phosphoric ester groups is 1. The summed E-state index contributed by atoms with van der Waals surface area (Å²) in [6, 6.07) is 0. The molecule has 0 amide bonds. The van der Waals surface area contributed by atoms with Crippen LogP contribution in [-0.2, 0) is 13.8 Å². The number of rotatable bonds is 5. The van der Waals surface area contributed by atoms with Crippen molar-refractivity contribution in [1.29, 1.82) is 0 Å². The van der Waals surface area contributed by atoms with Crippen molar-refractivity contribution in [3.8, 4) is 5.88 Å². The summed E-state index contributed by atoms with van der Waals surface area (Å²) in [7, 11) is -3.44. The molecule has 3 rings (SSSR count). The number of aliphatic hydroxyl groups is 1. The molecule has 1 unspecified atom stereocenters. The Hall–Kier alpha value is -1.40. The molecule has 3 N–H and O–H groups in total. The van der Waals surface area contributed by atoms with Crippen LogP contribution < -0.4 is 4.74 Å². The van der Waals surface area contributed by atoms with Crippen molar-refractivity contribution < 1.29 is 37.8 Å². The zero-order chi connectivity index (χ0) is 18.4. The highest BCUT2D eigenvalue weighted by Gasteiger charge is 2.46. The number of fused-ring (bicyclic) bond motifs is 1. The van der Waals surface area contributed by atoms with Crippen molar-refractivity contribution in [2.24, 2.45) is 0 Å². The highest BCUT2D eigenvalue weighted by molar-refractivity contribution is 7.46. The first-order valence-electron chi connectivity index (χ1n) is 6.83. The molecule has 0 aromatic carbocycles. The Morgan fingerprint density at radius 1 is 1.48 bits per heavy atom. The molecule has 1 aliphatic heterocycles. The van der Waals surface area contributed by atoms with Gasteiger partial charge in [-0.15, -0.1) is 0 Å². The third-order valence-corrected chi connectivity index (χ3v) is 4.18. The van der Waals surface area contributed by atoms with Gasteiger partial charge in [0.2, 0.25) is 11.2 Å². The van der Waals surface area contributed by atoms with Gasteiger partial charge in [-0.2, -0.15) is 9.97 Å². The van der Waals surface area contributed by atoms with E-state index in [2.05, 4.69) is 19.5 Å². The van der Waals surface area contributed by atoms with E-state index in [1.165, 1.54) is 18.0 Å². The minimum atomic E-state index is -4.79. The van der Waals surface area contributed by atoms with E-state index in [9.17, 15) is 14.1 Å². The largest absolute Gasteiger partial charge is 0.479 e. The van der Waals surface area contributed by atoms with E-state index in [0.717, 1.165) is 0 Å². The number of methoxy groups -OCH3 is 1. The summed E-state index contributed by atoms with van der Waals surface area (Å²) in [5.41, 5.74) is 0.306. The van der Waals surface area contributed by atoms with Crippen LogP contribution >= 0.6 is 19.4 Å². The SMILES string of the molecule is COc1nc(Cl)nc2c1ncn2[C@@H]1O[C@H](COP(=O)(O)O)C(O)[C@H]1F. The topological polar surface area (TPSA) is 149 Å². The highest BCUT2D eigenvalue weighted by Crippen LogP contribution is 2.39. The van der Waals surface area contributed by atoms with Crippen molar-refractivity contribution in [3.63, 3.8) is 0 Å². The first-order chi connectivity index (χ1) is 11.7. The van der Waals surface area contributed by atoms with Gasteiger partial charge >= 0.3 is 7.82 Å². The van der Waals surface area contributed by atoms with E-state index in [1.807, 2.05) is 0 Å². The fourth-order valence-electron chi connectivity index (χ4n) is 2.43. The van der Waals surface area contributed by atoms with E-state index in [0.29, 0.717) is 0 Å². The second-order valence-electron chi connectivity index (χ2n) is 5.11. The lowest BCUT2D eigenvalue weighted by Gasteiger charge is -2.15. The molecule has 138 valence electrons. The number of imidazole rings is 1. The van der Waals surface area contributed by atoms with Crippen LogP contribution in [0.1, 0.15) is 6.23 Å². The summed E-state index contributed by atoms with van der Waals surface area (Å²) in [6.07, 6.45) is -5.06. The fraction of sp³-hybridized carbons (Fsp3) is 0.545. The quantitative estimate of drug-likeness (QED) is 0.470. The Morgan fingerprint density at radius 3 is 2.84 bits per heavy atom. The third-order valence-electron chi connectivity index (χ3n) is 3.53. The van der Waals surface area contributed by atoms with Crippen molar-refractivity contribution in [2.75, 3.05) is 13.7 Å². The van der Waals surface area contributed by atoms with E-state index in [1.54, 1.807) is 0 Å². The molecule has 1 saturated heterocycles. The minimum absolute atomic E-state index is 0.0732. The van der Waals surface area contributed by atoms with E-state index >= 15 is 0 Å². The molecule has 0 saturated carbocycles. The van der Waals surface area contributed by atoms with Gasteiger partial charge in [-0.1, -0.05) is 0 Å². The first kappa shape index (κ1) is 18.4. The van der Waals surface area contributed by atoms with Gasteiger partial charge in [-0.25, -0.2) is 13.9 Å². The van der Waals surface area contributed by atoms with Crippen molar-refractivity contribution in [2.45, 2.75) is 24.6 Å². The summed E-state index contributed by atoms with van der Waals surface area (Å²) >= 11 is 5.80. The van der Waals surface area contributed by atoms with Gasteiger partial charge in [0, 0.05) is 0 Å². The van der Waals surface area contributed by atoms with Crippen molar-refractivity contribution in [3.05, 3.63) is 11.6 Å². The van der Waals surface area contributed by atoms with E-state index in [-0.39, 0.29) is 22.3 Å². The van der Waals surface area contributed by atoms with E-state index in [4.69, 9.17) is 30.9 Å². The zero-order valence-corrected chi connectivity index (χ0v) is 14.2. The lowest BCUT2D eigenvalue weighted by atomic mass is 10.1. The van der Waals surface area contributed by atoms with Gasteiger partial charge in [0.1, 0.15) is 12.2 Å². The number of aliphatic hydroxyl groups excluding tert-OH is 1. The monoisotopic (exact) mass is 398 g/mol. The molecular weight excluding hydrogens is 386 g/mol. The minimum Gasteiger partial charge on any atom is -0.479 e. The summed E-state index contributed by atoms with van der Waals surface area (Å²) in [5, 5.41) is 9.74. The molecule has 2 aromatic rings. The highest BCUT2D eigenvalue weighted by atomic mass is 35.5. The summed E-state index contributed by atoms with van der Waals surface area (Å²) < 4.78 is 41.0. The average molecular weight is 399 g/mol. The lowest BCUT2D eigenvalue weighted by molar-refractivity contribution is -0.0451. The van der Waals surface area contributed by atoms with Gasteiger partial charge in [-0.05, 0) is 11.6 Å². The Morgan fingerprint density at radius 2 is 2.20 bits per heavy atom. The second-order valence-corrected chi connectivity index (χ2v) is 6.69. The number of aromatic nitrogens is 4. The number of nitrogens with zero attached hydrogens (tertiary/aromatic N) is 4. The molecule has 1 fully saturated rings. The van der Waals surface area contributed by atoms with Crippen LogP contribution in [0.4, 0.5) is 4.39 Å². The summed E-state index contributed by atoms with van der Waals surface area (Å²) in [6.45, 7) is -0.700. The Balaban J connectivity index is 1.90. The molecule has 3 heterocycles. The maximum atomic E-state index is 14.4. The number of alkyl halides is 1. The van der Waals surface area contributed by atoms with Gasteiger partial charge in [-0.3, -0.25) is 9.09 Å². The first-order valence-corrected chi connectivity index (χ1v) is 8.74. The second kappa shape index (κ2) is 6.72. The molecule has 25 heavy (non-hydrogen) atoms. The Kier molecular flexibility index (Phi) is 4.95. The normalized spacial score (nSPS) is 27.1. The standard InChI is InChI=1S/C11H13ClFN4O7P/c1-22-9-6-8(15-11(12)16-9)17(3-14-6)10-5(13)7(18)4(24-10)2-23-25(19,20)21/h3-5,7,10,18H,2H2,1H3,(H2,19,20,21)/t4-,5-,7?,10-/m1/s1. The van der Waals surface area contributed by atoms with Crippen molar-refractivity contribution in [1.82, 2.24) is 19.5 Å². The van der Waals surface area contributed by atoms with Crippen LogP contribution in [0.3, 0.4) is 0 Å². The van der Waals surface area contributed by atoms with Gasteiger partial charge in [0.05, 0.1) is 20.0 Å². The molecule has 0 spiro atoms. The van der Waals surface area contributed by atoms with Gasteiger partial charge in [0.15, 0.2) is 23.6 Å². The summed E-state index contributed by atoms with van der Waals surface area (Å²) in [5.74, 6) is 0.0732. The van der Waals surface area contributed by atoms with Crippen LogP contribution in [-0.4, -0.2) is 66.5 Å². The molecule has 0 bridgehead atoms. The van der Waals surface area contributed by atoms with Gasteiger partial charge < -0.3 is 24.4 Å². The van der Waals surface area contributed by atoms with Crippen molar-refractivity contribution >= 4 is 30.6 Å². The third kappa shape index (κ3) is 3.60. The van der Waals surface area contributed by atoms with Crippen LogP contribution in [0.5, 0.6) is 5.88 Å². The number of phosphoric acid groups is 1. The molecule has 2 aromatic heterocycles. The molecule has 1 aliphatic rings. The number of hydrogen-bond donors (Lipinski definition) is 3. The number of ether oxygens (including phenoxy) is 2. The predicted molar refractivity (Wildman–Crippen MR) is 79.7 cm³/mol. The smallest absolute Gasteiger partial charge is 0.469 e. The zero-order valence-electron chi connectivity index (χ0n) is 12.6. The van der Waals surface area contributed by atoms with Crippen LogP contribution in [0.25, 0.3) is 11.2 Å². The van der Waals surface area contributed by atoms with Crippen LogP contribution in [0, 0.1) is 0 Å². The molecule has 14 heteroatoms. The number of halogens is 2. The summed E-state index contributed by atoms with van der Waals surface area (Å²) in [4.78, 5) is 29.2. The molecule has 0 aliphatic carbocycles. The molecule has 11 nitrogen and oxygen atoms in total. The molecular formula is C11H13ClFN4O7P. The molecule has 4 atom stereocenters. The lowest BCUT2D eigenvalue weighted by Crippen LogP contribution is -2.31. The number of hydrogen-bond acceptors (Lipinski definition) is 8. The van der Waals surface area contributed by atoms with E-state index < -0.39 is 39.0 Å². The predicted octanol–water partition coefficient (Wildman–Crippen LogP) is 0.194. The average Bonchev–Trinajstić information content (AvgIpc) is 3.06. The fourth-order valence-corrected chi connectivity index (χ4v) is 2.93. The van der Waals surface area contributed by atoms with Gasteiger partial charge in [0.25, 0.3) is 0 Å².